The minimum absolute atomic E-state index is 0.480. The molecule has 2 rings (SSSR count). The van der Waals surface area contributed by atoms with Crippen molar-refractivity contribution in [1.82, 2.24) is 0 Å². The van der Waals surface area contributed by atoms with Crippen molar-refractivity contribution in [2.24, 2.45) is 0 Å². The van der Waals surface area contributed by atoms with Crippen LogP contribution < -0.4 is 5.32 Å². The number of hydrogen-bond donors (Lipinski definition) is 3. The minimum atomic E-state index is -4.27. The van der Waals surface area contributed by atoms with Gasteiger partial charge in [-0.25, -0.2) is 0 Å². The van der Waals surface area contributed by atoms with Crippen molar-refractivity contribution in [3.05, 3.63) is 52.2 Å². The summed E-state index contributed by atoms with van der Waals surface area (Å²) in [4.78, 5) is 19.1. The number of nitrogens with one attached hydrogen (secondary N) is 1. The molecule has 0 bridgehead atoms. The van der Waals surface area contributed by atoms with Gasteiger partial charge >= 0.3 is 7.60 Å². The highest BCUT2D eigenvalue weighted by Gasteiger charge is 2.30. The summed E-state index contributed by atoms with van der Waals surface area (Å²) in [6.07, 6.45) is 1.06. The van der Waals surface area contributed by atoms with Crippen molar-refractivity contribution < 1.29 is 14.4 Å². The Bertz CT molecular complexity index is 606. The van der Waals surface area contributed by atoms with Crippen LogP contribution in [-0.2, 0) is 4.57 Å². The molecule has 1 aromatic heterocycles. The summed E-state index contributed by atoms with van der Waals surface area (Å²) in [5, 5.41) is 6.51. The maximum Gasteiger partial charge on any atom is 0.352 e. The van der Waals surface area contributed by atoms with Gasteiger partial charge in [-0.05, 0) is 52.4 Å². The van der Waals surface area contributed by atoms with Crippen LogP contribution in [0.15, 0.2) is 41.1 Å². The van der Waals surface area contributed by atoms with Gasteiger partial charge in [-0.15, -0.1) is 0 Å². The monoisotopic (exact) mass is 325 g/mol. The summed E-state index contributed by atoms with van der Waals surface area (Å²) in [7, 11) is -4.27. The lowest BCUT2D eigenvalue weighted by molar-refractivity contribution is 0.363. The van der Waals surface area contributed by atoms with E-state index in [2.05, 4.69) is 19.2 Å². The van der Waals surface area contributed by atoms with Gasteiger partial charge < -0.3 is 15.1 Å². The Labute approximate surface area is 129 Å². The standard InChI is InChI=1S/C15H20NO3PS/c1-3-11(2)12-4-6-14(7-5-12)16-15(20(17,18)19)13-8-9-21-10-13/h4-11,15-16H,3H2,1-2H3,(H2,17,18,19)/t11-,15+/m1/s1. The van der Waals surface area contributed by atoms with Crippen LogP contribution >= 0.6 is 18.9 Å². The van der Waals surface area contributed by atoms with Crippen LogP contribution in [-0.4, -0.2) is 9.79 Å². The second-order valence-electron chi connectivity index (χ2n) is 5.12. The zero-order chi connectivity index (χ0) is 15.5. The lowest BCUT2D eigenvalue weighted by atomic mass is 9.99. The number of anilines is 1. The molecule has 0 aliphatic heterocycles. The molecule has 4 nitrogen and oxygen atoms in total. The van der Waals surface area contributed by atoms with Crippen molar-refractivity contribution in [3.8, 4) is 0 Å². The molecule has 114 valence electrons. The predicted molar refractivity (Wildman–Crippen MR) is 87.9 cm³/mol. The largest absolute Gasteiger partial charge is 0.368 e. The molecule has 0 saturated heterocycles. The molecule has 2 atom stereocenters. The Morgan fingerprint density at radius 1 is 1.19 bits per heavy atom. The normalized spacial score (nSPS) is 14.7. The topological polar surface area (TPSA) is 69.6 Å². The van der Waals surface area contributed by atoms with E-state index in [0.29, 0.717) is 17.2 Å². The van der Waals surface area contributed by atoms with E-state index >= 15 is 0 Å². The molecule has 0 amide bonds. The molecular weight excluding hydrogens is 305 g/mol. The third kappa shape index (κ3) is 4.17. The van der Waals surface area contributed by atoms with E-state index in [1.165, 1.54) is 16.9 Å². The highest BCUT2D eigenvalue weighted by Crippen LogP contribution is 2.52. The van der Waals surface area contributed by atoms with Crippen LogP contribution in [0.4, 0.5) is 5.69 Å². The van der Waals surface area contributed by atoms with E-state index in [1.54, 1.807) is 11.4 Å². The number of benzene rings is 1. The van der Waals surface area contributed by atoms with E-state index in [9.17, 15) is 14.4 Å². The predicted octanol–water partition coefficient (Wildman–Crippen LogP) is 4.55. The van der Waals surface area contributed by atoms with Crippen molar-refractivity contribution in [1.29, 1.82) is 0 Å². The van der Waals surface area contributed by atoms with E-state index in [1.807, 2.05) is 29.6 Å². The van der Waals surface area contributed by atoms with Crippen molar-refractivity contribution in [2.45, 2.75) is 32.0 Å². The molecule has 0 aliphatic carbocycles. The van der Waals surface area contributed by atoms with Crippen LogP contribution in [0.25, 0.3) is 0 Å². The van der Waals surface area contributed by atoms with Gasteiger partial charge in [-0.2, -0.15) is 11.3 Å². The average Bonchev–Trinajstić information content (AvgIpc) is 2.97. The SMILES string of the molecule is CC[C@@H](C)c1ccc(N[C@H](c2ccsc2)P(=O)(O)O)cc1. The average molecular weight is 325 g/mol. The zero-order valence-electron chi connectivity index (χ0n) is 12.1. The first-order valence-corrected chi connectivity index (χ1v) is 9.48. The second kappa shape index (κ2) is 6.75. The summed E-state index contributed by atoms with van der Waals surface area (Å²) in [6, 6.07) is 9.48. The second-order valence-corrected chi connectivity index (χ2v) is 7.60. The molecule has 0 unspecified atom stereocenters. The van der Waals surface area contributed by atoms with Gasteiger partial charge in [0.1, 0.15) is 0 Å². The third-order valence-corrected chi connectivity index (χ3v) is 5.39. The maximum absolute atomic E-state index is 11.7. The first-order chi connectivity index (χ1) is 9.91. The van der Waals surface area contributed by atoms with Crippen molar-refractivity contribution >= 4 is 24.6 Å². The highest BCUT2D eigenvalue weighted by molar-refractivity contribution is 7.52. The van der Waals surface area contributed by atoms with Crippen LogP contribution in [0.5, 0.6) is 0 Å². The first kappa shape index (κ1) is 16.2. The fourth-order valence-electron chi connectivity index (χ4n) is 2.09. The maximum atomic E-state index is 11.7. The van der Waals surface area contributed by atoms with Gasteiger partial charge in [0.2, 0.25) is 0 Å². The van der Waals surface area contributed by atoms with E-state index in [4.69, 9.17) is 0 Å². The van der Waals surface area contributed by atoms with Crippen LogP contribution in [0.1, 0.15) is 43.1 Å². The molecule has 0 saturated carbocycles. The van der Waals surface area contributed by atoms with Gasteiger partial charge in [-0.1, -0.05) is 26.0 Å². The van der Waals surface area contributed by atoms with E-state index in [0.717, 1.165) is 6.42 Å². The molecule has 0 radical (unpaired) electrons. The Morgan fingerprint density at radius 3 is 2.33 bits per heavy atom. The van der Waals surface area contributed by atoms with Crippen molar-refractivity contribution in [3.63, 3.8) is 0 Å². The summed E-state index contributed by atoms with van der Waals surface area (Å²) in [6.45, 7) is 4.30. The van der Waals surface area contributed by atoms with Crippen LogP contribution in [0, 0.1) is 0 Å². The molecule has 1 aromatic carbocycles. The Balaban J connectivity index is 2.20. The van der Waals surface area contributed by atoms with Crippen molar-refractivity contribution in [2.75, 3.05) is 5.32 Å². The molecule has 3 N–H and O–H groups in total. The molecule has 21 heavy (non-hydrogen) atoms. The van der Waals surface area contributed by atoms with Gasteiger partial charge in [0.05, 0.1) is 0 Å². The summed E-state index contributed by atoms with van der Waals surface area (Å²) >= 11 is 1.42. The van der Waals surface area contributed by atoms with Gasteiger partial charge in [-0.3, -0.25) is 4.57 Å². The molecular formula is C15H20NO3PS. The minimum Gasteiger partial charge on any atom is -0.368 e. The summed E-state index contributed by atoms with van der Waals surface area (Å²) < 4.78 is 11.7. The number of rotatable bonds is 6. The van der Waals surface area contributed by atoms with Crippen LogP contribution in [0.2, 0.25) is 0 Å². The molecule has 0 spiro atoms. The van der Waals surface area contributed by atoms with Gasteiger partial charge in [0.15, 0.2) is 5.78 Å². The highest BCUT2D eigenvalue weighted by atomic mass is 32.1. The number of hydrogen-bond acceptors (Lipinski definition) is 3. The molecule has 1 heterocycles. The fraction of sp³-hybridized carbons (Fsp3) is 0.333. The molecule has 2 aromatic rings. The van der Waals surface area contributed by atoms with E-state index in [-0.39, 0.29) is 0 Å². The summed E-state index contributed by atoms with van der Waals surface area (Å²) in [5.41, 5.74) is 2.55. The fourth-order valence-corrected chi connectivity index (χ4v) is 3.75. The van der Waals surface area contributed by atoms with Gasteiger partial charge in [0.25, 0.3) is 0 Å². The lowest BCUT2D eigenvalue weighted by Gasteiger charge is -2.20. The molecule has 0 fully saturated rings. The third-order valence-electron chi connectivity index (χ3n) is 3.59. The lowest BCUT2D eigenvalue weighted by Crippen LogP contribution is -2.10. The Morgan fingerprint density at radius 2 is 1.86 bits per heavy atom. The molecule has 0 aliphatic rings. The Hall–Kier alpha value is -1.13. The van der Waals surface area contributed by atoms with Crippen LogP contribution in [0.3, 0.4) is 0 Å². The molecule has 6 heteroatoms. The van der Waals surface area contributed by atoms with E-state index < -0.39 is 13.4 Å². The quantitative estimate of drug-likeness (QED) is 0.682. The first-order valence-electron chi connectivity index (χ1n) is 6.85. The Kier molecular flexibility index (Phi) is 5.22. The zero-order valence-corrected chi connectivity index (χ0v) is 13.8. The smallest absolute Gasteiger partial charge is 0.352 e. The summed E-state index contributed by atoms with van der Waals surface area (Å²) in [5.74, 6) is -0.522. The van der Waals surface area contributed by atoms with Gasteiger partial charge in [0, 0.05) is 5.69 Å². The number of thiophene rings is 1.